The standard InChI is InChI=1S/C15H15NO/c1-10-6-7-16-9-15(10)14-5-4-13(12(3)17)8-11(14)2/h4-9H,1-3H3. The monoisotopic (exact) mass is 225 g/mol. The van der Waals surface area contributed by atoms with E-state index < -0.39 is 0 Å². The Morgan fingerprint density at radius 1 is 1.06 bits per heavy atom. The second-order valence-electron chi connectivity index (χ2n) is 4.28. The van der Waals surface area contributed by atoms with Crippen molar-refractivity contribution in [3.63, 3.8) is 0 Å². The minimum atomic E-state index is 0.0996. The first kappa shape index (κ1) is 11.5. The van der Waals surface area contributed by atoms with E-state index in [2.05, 4.69) is 11.9 Å². The molecular formula is C15H15NO. The molecule has 0 N–H and O–H groups in total. The van der Waals surface area contributed by atoms with Crippen molar-refractivity contribution in [2.75, 3.05) is 0 Å². The minimum Gasteiger partial charge on any atom is -0.295 e. The van der Waals surface area contributed by atoms with Gasteiger partial charge >= 0.3 is 0 Å². The van der Waals surface area contributed by atoms with Crippen LogP contribution in [0.15, 0.2) is 36.7 Å². The van der Waals surface area contributed by atoms with Crippen LogP contribution in [-0.4, -0.2) is 10.8 Å². The topological polar surface area (TPSA) is 30.0 Å². The van der Waals surface area contributed by atoms with Crippen LogP contribution in [0.25, 0.3) is 11.1 Å². The molecule has 0 aliphatic rings. The zero-order chi connectivity index (χ0) is 12.4. The summed E-state index contributed by atoms with van der Waals surface area (Å²) in [6, 6.07) is 7.80. The van der Waals surface area contributed by atoms with Gasteiger partial charge in [-0.25, -0.2) is 0 Å². The van der Waals surface area contributed by atoms with Crippen LogP contribution in [-0.2, 0) is 0 Å². The number of carbonyl (C=O) groups excluding carboxylic acids is 1. The Kier molecular flexibility index (Phi) is 3.05. The maximum absolute atomic E-state index is 11.3. The van der Waals surface area contributed by atoms with Gasteiger partial charge in [-0.15, -0.1) is 0 Å². The molecule has 0 atom stereocenters. The SMILES string of the molecule is CC(=O)c1ccc(-c2cnccc2C)c(C)c1. The Hall–Kier alpha value is -1.96. The third kappa shape index (κ3) is 2.26. The van der Waals surface area contributed by atoms with E-state index >= 15 is 0 Å². The van der Waals surface area contributed by atoms with Crippen molar-refractivity contribution in [3.8, 4) is 11.1 Å². The summed E-state index contributed by atoms with van der Waals surface area (Å²) in [7, 11) is 0. The van der Waals surface area contributed by atoms with Gasteiger partial charge in [0.2, 0.25) is 0 Å². The molecule has 1 aromatic heterocycles. The van der Waals surface area contributed by atoms with Gasteiger partial charge in [0.15, 0.2) is 5.78 Å². The van der Waals surface area contributed by atoms with E-state index in [-0.39, 0.29) is 5.78 Å². The van der Waals surface area contributed by atoms with Gasteiger partial charge in [-0.3, -0.25) is 9.78 Å². The number of hydrogen-bond donors (Lipinski definition) is 0. The third-order valence-electron chi connectivity index (χ3n) is 2.96. The average Bonchev–Trinajstić information content (AvgIpc) is 2.30. The summed E-state index contributed by atoms with van der Waals surface area (Å²) in [6.07, 6.45) is 3.66. The van der Waals surface area contributed by atoms with Crippen LogP contribution < -0.4 is 0 Å². The van der Waals surface area contributed by atoms with Gasteiger partial charge in [-0.1, -0.05) is 12.1 Å². The van der Waals surface area contributed by atoms with E-state index in [4.69, 9.17) is 0 Å². The highest BCUT2D eigenvalue weighted by atomic mass is 16.1. The molecule has 1 aromatic carbocycles. The van der Waals surface area contributed by atoms with E-state index in [9.17, 15) is 4.79 Å². The fraction of sp³-hybridized carbons (Fsp3) is 0.200. The minimum absolute atomic E-state index is 0.0996. The van der Waals surface area contributed by atoms with Gasteiger partial charge in [-0.05, 0) is 49.6 Å². The molecule has 17 heavy (non-hydrogen) atoms. The van der Waals surface area contributed by atoms with Gasteiger partial charge in [0.1, 0.15) is 0 Å². The van der Waals surface area contributed by atoms with Gasteiger partial charge in [0.25, 0.3) is 0 Å². The number of aryl methyl sites for hydroxylation is 2. The number of pyridine rings is 1. The Labute approximate surface area is 101 Å². The molecule has 0 saturated heterocycles. The molecule has 0 bridgehead atoms. The van der Waals surface area contributed by atoms with Crippen LogP contribution in [0.1, 0.15) is 28.4 Å². The molecule has 0 aliphatic heterocycles. The molecule has 0 spiro atoms. The maximum Gasteiger partial charge on any atom is 0.159 e. The predicted molar refractivity (Wildman–Crippen MR) is 69.2 cm³/mol. The number of ketones is 1. The van der Waals surface area contributed by atoms with Crippen LogP contribution >= 0.6 is 0 Å². The van der Waals surface area contributed by atoms with Crippen molar-refractivity contribution in [3.05, 3.63) is 53.3 Å². The number of Topliss-reactive ketones (excluding diaryl/α,β-unsaturated/α-hetero) is 1. The lowest BCUT2D eigenvalue weighted by Gasteiger charge is -2.09. The first-order valence-corrected chi connectivity index (χ1v) is 5.62. The fourth-order valence-electron chi connectivity index (χ4n) is 1.93. The highest BCUT2D eigenvalue weighted by Crippen LogP contribution is 2.26. The Morgan fingerprint density at radius 2 is 1.82 bits per heavy atom. The number of carbonyl (C=O) groups is 1. The van der Waals surface area contributed by atoms with Crippen LogP contribution in [0.2, 0.25) is 0 Å². The summed E-state index contributed by atoms with van der Waals surface area (Å²) >= 11 is 0. The summed E-state index contributed by atoms with van der Waals surface area (Å²) in [5.41, 5.74) is 5.32. The molecule has 0 unspecified atom stereocenters. The van der Waals surface area contributed by atoms with Crippen molar-refractivity contribution in [1.29, 1.82) is 0 Å². The zero-order valence-corrected chi connectivity index (χ0v) is 10.3. The predicted octanol–water partition coefficient (Wildman–Crippen LogP) is 3.57. The Morgan fingerprint density at radius 3 is 2.41 bits per heavy atom. The molecule has 2 heteroatoms. The molecule has 2 aromatic rings. The third-order valence-corrected chi connectivity index (χ3v) is 2.96. The van der Waals surface area contributed by atoms with Crippen molar-refractivity contribution in [2.24, 2.45) is 0 Å². The lowest BCUT2D eigenvalue weighted by atomic mass is 9.96. The average molecular weight is 225 g/mol. The molecule has 0 radical (unpaired) electrons. The summed E-state index contributed by atoms with van der Waals surface area (Å²) in [5.74, 6) is 0.0996. The van der Waals surface area contributed by atoms with Crippen molar-refractivity contribution in [1.82, 2.24) is 4.98 Å². The molecular weight excluding hydrogens is 210 g/mol. The molecule has 0 amide bonds. The first-order chi connectivity index (χ1) is 8.09. The summed E-state index contributed by atoms with van der Waals surface area (Å²) in [6.45, 7) is 5.67. The van der Waals surface area contributed by atoms with Crippen molar-refractivity contribution >= 4 is 5.78 Å². The zero-order valence-electron chi connectivity index (χ0n) is 10.3. The van der Waals surface area contributed by atoms with Crippen LogP contribution in [0.4, 0.5) is 0 Å². The molecule has 2 rings (SSSR count). The van der Waals surface area contributed by atoms with Gasteiger partial charge in [0, 0.05) is 23.5 Å². The van der Waals surface area contributed by atoms with Gasteiger partial charge in [0.05, 0.1) is 0 Å². The molecule has 1 heterocycles. The molecule has 86 valence electrons. The smallest absolute Gasteiger partial charge is 0.159 e. The number of aromatic nitrogens is 1. The van der Waals surface area contributed by atoms with E-state index in [1.807, 2.05) is 37.4 Å². The quantitative estimate of drug-likeness (QED) is 0.731. The number of nitrogens with zero attached hydrogens (tertiary/aromatic N) is 1. The molecule has 0 fully saturated rings. The number of benzene rings is 1. The van der Waals surface area contributed by atoms with Crippen LogP contribution in [0.5, 0.6) is 0 Å². The molecule has 0 aliphatic carbocycles. The Balaban J connectivity index is 2.55. The lowest BCUT2D eigenvalue weighted by molar-refractivity contribution is 0.101. The van der Waals surface area contributed by atoms with Crippen molar-refractivity contribution < 1.29 is 4.79 Å². The number of rotatable bonds is 2. The van der Waals surface area contributed by atoms with E-state index in [1.54, 1.807) is 13.1 Å². The normalized spacial score (nSPS) is 10.3. The lowest BCUT2D eigenvalue weighted by Crippen LogP contribution is -1.95. The molecule has 2 nitrogen and oxygen atoms in total. The summed E-state index contributed by atoms with van der Waals surface area (Å²) in [4.78, 5) is 15.5. The first-order valence-electron chi connectivity index (χ1n) is 5.62. The molecule has 0 saturated carbocycles. The fourth-order valence-corrected chi connectivity index (χ4v) is 1.93. The Bertz CT molecular complexity index is 573. The largest absolute Gasteiger partial charge is 0.295 e. The van der Waals surface area contributed by atoms with Crippen LogP contribution in [0.3, 0.4) is 0 Å². The van der Waals surface area contributed by atoms with Gasteiger partial charge < -0.3 is 0 Å². The highest BCUT2D eigenvalue weighted by molar-refractivity contribution is 5.95. The van der Waals surface area contributed by atoms with E-state index in [0.717, 1.165) is 22.3 Å². The van der Waals surface area contributed by atoms with E-state index in [1.165, 1.54) is 5.56 Å². The van der Waals surface area contributed by atoms with Crippen LogP contribution in [0, 0.1) is 13.8 Å². The second-order valence-corrected chi connectivity index (χ2v) is 4.28. The van der Waals surface area contributed by atoms with Crippen molar-refractivity contribution in [2.45, 2.75) is 20.8 Å². The van der Waals surface area contributed by atoms with E-state index in [0.29, 0.717) is 0 Å². The maximum atomic E-state index is 11.3. The number of hydrogen-bond acceptors (Lipinski definition) is 2. The van der Waals surface area contributed by atoms with Gasteiger partial charge in [-0.2, -0.15) is 0 Å². The second kappa shape index (κ2) is 4.50. The summed E-state index contributed by atoms with van der Waals surface area (Å²) < 4.78 is 0. The summed E-state index contributed by atoms with van der Waals surface area (Å²) in [5, 5.41) is 0. The highest BCUT2D eigenvalue weighted by Gasteiger charge is 2.07.